The molecule has 1 atom stereocenters. The van der Waals surface area contributed by atoms with E-state index in [0.29, 0.717) is 11.3 Å². The molecule has 0 aliphatic carbocycles. The van der Waals surface area contributed by atoms with Gasteiger partial charge in [0.05, 0.1) is 5.69 Å². The van der Waals surface area contributed by atoms with Crippen molar-refractivity contribution >= 4 is 47.0 Å². The number of nitrogens with zero attached hydrogens (tertiary/aromatic N) is 2. The molecule has 2 aromatic carbocycles. The SMILES string of the molecule is Cc1ccc(C(=O)N/N=C\C2C(=O)NC(=S)N(c3ccccc3)C2=O)cc1. The molecule has 0 radical (unpaired) electrons. The molecule has 0 aromatic heterocycles. The van der Waals surface area contributed by atoms with Crippen molar-refractivity contribution in [3.8, 4) is 0 Å². The minimum Gasteiger partial charge on any atom is -0.301 e. The fourth-order valence-electron chi connectivity index (χ4n) is 2.48. The van der Waals surface area contributed by atoms with Crippen molar-refractivity contribution in [1.29, 1.82) is 0 Å². The van der Waals surface area contributed by atoms with Crippen LogP contribution in [0.25, 0.3) is 0 Å². The third-order valence-corrected chi connectivity index (χ3v) is 4.20. The number of rotatable bonds is 4. The van der Waals surface area contributed by atoms with Gasteiger partial charge >= 0.3 is 0 Å². The highest BCUT2D eigenvalue weighted by molar-refractivity contribution is 7.80. The Balaban J connectivity index is 1.73. The molecular formula is C19H16N4O3S. The normalized spacial score (nSPS) is 17.1. The van der Waals surface area contributed by atoms with Gasteiger partial charge in [-0.1, -0.05) is 35.9 Å². The summed E-state index contributed by atoms with van der Waals surface area (Å²) < 4.78 is 0. The maximum atomic E-state index is 12.7. The molecule has 3 rings (SSSR count). The summed E-state index contributed by atoms with van der Waals surface area (Å²) in [6.07, 6.45) is 1.10. The number of hydrogen-bond acceptors (Lipinski definition) is 5. The second-order valence-electron chi connectivity index (χ2n) is 5.87. The molecule has 0 spiro atoms. The fraction of sp³-hybridized carbons (Fsp3) is 0.105. The lowest BCUT2D eigenvalue weighted by atomic mass is 10.1. The Morgan fingerprint density at radius 3 is 2.48 bits per heavy atom. The highest BCUT2D eigenvalue weighted by atomic mass is 32.1. The molecule has 8 heteroatoms. The average Bonchev–Trinajstić information content (AvgIpc) is 2.65. The monoisotopic (exact) mass is 380 g/mol. The molecule has 0 saturated carbocycles. The maximum Gasteiger partial charge on any atom is 0.271 e. The third-order valence-electron chi connectivity index (χ3n) is 3.92. The first kappa shape index (κ1) is 18.4. The number of hydrazone groups is 1. The van der Waals surface area contributed by atoms with Crippen LogP contribution in [0, 0.1) is 12.8 Å². The van der Waals surface area contributed by atoms with Crippen LogP contribution in [-0.4, -0.2) is 29.0 Å². The largest absolute Gasteiger partial charge is 0.301 e. The van der Waals surface area contributed by atoms with Crippen LogP contribution in [0.1, 0.15) is 15.9 Å². The van der Waals surface area contributed by atoms with E-state index in [-0.39, 0.29) is 5.11 Å². The van der Waals surface area contributed by atoms with Gasteiger partial charge in [0.25, 0.3) is 11.8 Å². The van der Waals surface area contributed by atoms with Crippen molar-refractivity contribution in [3.05, 3.63) is 65.7 Å². The van der Waals surface area contributed by atoms with Crippen LogP contribution in [-0.2, 0) is 9.59 Å². The molecule has 3 amide bonds. The highest BCUT2D eigenvalue weighted by Crippen LogP contribution is 2.19. The van der Waals surface area contributed by atoms with E-state index in [0.717, 1.165) is 11.8 Å². The molecule has 2 N–H and O–H groups in total. The van der Waals surface area contributed by atoms with E-state index in [4.69, 9.17) is 12.2 Å². The fourth-order valence-corrected chi connectivity index (χ4v) is 2.78. The molecule has 1 aliphatic rings. The van der Waals surface area contributed by atoms with Crippen molar-refractivity contribution < 1.29 is 14.4 Å². The van der Waals surface area contributed by atoms with Crippen LogP contribution in [0.4, 0.5) is 5.69 Å². The van der Waals surface area contributed by atoms with Crippen LogP contribution in [0.15, 0.2) is 59.7 Å². The average molecular weight is 380 g/mol. The number of amides is 3. The summed E-state index contributed by atoms with van der Waals surface area (Å²) in [6, 6.07) is 15.6. The first-order valence-corrected chi connectivity index (χ1v) is 8.52. The summed E-state index contributed by atoms with van der Waals surface area (Å²) in [4.78, 5) is 38.1. The number of anilines is 1. The molecule has 0 bridgehead atoms. The zero-order chi connectivity index (χ0) is 19.4. The number of benzene rings is 2. The molecule has 1 aliphatic heterocycles. The van der Waals surface area contributed by atoms with Crippen LogP contribution in [0.3, 0.4) is 0 Å². The highest BCUT2D eigenvalue weighted by Gasteiger charge is 2.38. The molecule has 136 valence electrons. The number of aryl methyl sites for hydroxylation is 1. The van der Waals surface area contributed by atoms with E-state index in [9.17, 15) is 14.4 Å². The topological polar surface area (TPSA) is 90.9 Å². The van der Waals surface area contributed by atoms with Gasteiger partial charge in [-0.15, -0.1) is 0 Å². The summed E-state index contributed by atoms with van der Waals surface area (Å²) >= 11 is 5.10. The molecule has 7 nitrogen and oxygen atoms in total. The lowest BCUT2D eigenvalue weighted by Gasteiger charge is -2.30. The van der Waals surface area contributed by atoms with Crippen molar-refractivity contribution in [2.75, 3.05) is 4.90 Å². The van der Waals surface area contributed by atoms with Crippen LogP contribution < -0.4 is 15.6 Å². The second kappa shape index (κ2) is 7.88. The lowest BCUT2D eigenvalue weighted by molar-refractivity contribution is -0.130. The number of thiocarbonyl (C=S) groups is 1. The van der Waals surface area contributed by atoms with Gasteiger partial charge < -0.3 is 5.32 Å². The van der Waals surface area contributed by atoms with Gasteiger partial charge in [-0.25, -0.2) is 5.43 Å². The van der Waals surface area contributed by atoms with Crippen molar-refractivity contribution in [2.24, 2.45) is 11.0 Å². The van der Waals surface area contributed by atoms with E-state index in [2.05, 4.69) is 15.8 Å². The Labute approximate surface area is 161 Å². The number of para-hydroxylation sites is 1. The minimum absolute atomic E-state index is 0.00420. The first-order chi connectivity index (χ1) is 13.0. The summed E-state index contributed by atoms with van der Waals surface area (Å²) in [5.74, 6) is -2.77. The third kappa shape index (κ3) is 4.06. The van der Waals surface area contributed by atoms with E-state index >= 15 is 0 Å². The molecule has 27 heavy (non-hydrogen) atoms. The molecular weight excluding hydrogens is 364 g/mol. The van der Waals surface area contributed by atoms with E-state index in [1.165, 1.54) is 4.90 Å². The number of carbonyl (C=O) groups is 3. The van der Waals surface area contributed by atoms with Crippen LogP contribution >= 0.6 is 12.2 Å². The van der Waals surface area contributed by atoms with E-state index in [1.807, 2.05) is 6.92 Å². The Hall–Kier alpha value is -3.39. The second-order valence-corrected chi connectivity index (χ2v) is 6.25. The smallest absolute Gasteiger partial charge is 0.271 e. The van der Waals surface area contributed by atoms with E-state index in [1.54, 1.807) is 54.6 Å². The van der Waals surface area contributed by atoms with Gasteiger partial charge in [0, 0.05) is 11.8 Å². The Morgan fingerprint density at radius 2 is 1.81 bits per heavy atom. The lowest BCUT2D eigenvalue weighted by Crippen LogP contribution is -2.58. The zero-order valence-electron chi connectivity index (χ0n) is 14.4. The predicted octanol–water partition coefficient (Wildman–Crippen LogP) is 1.77. The van der Waals surface area contributed by atoms with E-state index < -0.39 is 23.6 Å². The number of hydrogen-bond donors (Lipinski definition) is 2. The standard InChI is InChI=1S/C19H16N4O3S/c1-12-7-9-13(10-8-12)16(24)22-20-11-15-17(25)21-19(27)23(18(15)26)14-5-3-2-4-6-14/h2-11,15H,1H3,(H,22,24)(H,21,25,27)/b20-11-. The summed E-state index contributed by atoms with van der Waals surface area (Å²) in [5, 5.41) is 6.25. The molecule has 1 saturated heterocycles. The first-order valence-electron chi connectivity index (χ1n) is 8.11. The van der Waals surface area contributed by atoms with Gasteiger partial charge in [0.2, 0.25) is 5.91 Å². The van der Waals surface area contributed by atoms with Gasteiger partial charge in [-0.05, 0) is 43.4 Å². The molecule has 1 unspecified atom stereocenters. The molecule has 1 fully saturated rings. The van der Waals surface area contributed by atoms with Gasteiger partial charge in [-0.2, -0.15) is 5.10 Å². The van der Waals surface area contributed by atoms with Gasteiger partial charge in [-0.3, -0.25) is 19.3 Å². The Kier molecular flexibility index (Phi) is 5.37. The Bertz CT molecular complexity index is 926. The van der Waals surface area contributed by atoms with Gasteiger partial charge in [0.15, 0.2) is 11.0 Å². The summed E-state index contributed by atoms with van der Waals surface area (Å²) in [6.45, 7) is 1.91. The van der Waals surface area contributed by atoms with Crippen molar-refractivity contribution in [3.63, 3.8) is 0 Å². The number of nitrogens with one attached hydrogen (secondary N) is 2. The number of carbonyl (C=O) groups excluding carboxylic acids is 3. The summed E-state index contributed by atoms with van der Waals surface area (Å²) in [7, 11) is 0. The van der Waals surface area contributed by atoms with Crippen LogP contribution in [0.2, 0.25) is 0 Å². The summed E-state index contributed by atoms with van der Waals surface area (Å²) in [5.41, 5.74) is 4.30. The molecule has 1 heterocycles. The predicted molar refractivity (Wildman–Crippen MR) is 105 cm³/mol. The minimum atomic E-state index is -1.20. The van der Waals surface area contributed by atoms with Crippen molar-refractivity contribution in [2.45, 2.75) is 6.92 Å². The maximum absolute atomic E-state index is 12.7. The van der Waals surface area contributed by atoms with Crippen molar-refractivity contribution in [1.82, 2.24) is 10.7 Å². The quantitative estimate of drug-likeness (QED) is 0.366. The van der Waals surface area contributed by atoms with Gasteiger partial charge in [0.1, 0.15) is 0 Å². The zero-order valence-corrected chi connectivity index (χ0v) is 15.2. The van der Waals surface area contributed by atoms with Crippen LogP contribution in [0.5, 0.6) is 0 Å². The molecule has 2 aromatic rings. The Morgan fingerprint density at radius 1 is 1.15 bits per heavy atom.